The minimum Gasteiger partial charge on any atom is -0.354 e. The van der Waals surface area contributed by atoms with E-state index in [0.29, 0.717) is 18.5 Å². The van der Waals surface area contributed by atoms with Gasteiger partial charge in [-0.05, 0) is 56.4 Å². The van der Waals surface area contributed by atoms with Gasteiger partial charge in [-0.1, -0.05) is 6.92 Å². The highest BCUT2D eigenvalue weighted by Crippen LogP contribution is 2.24. The maximum Gasteiger partial charge on any atom is 0.291 e. The summed E-state index contributed by atoms with van der Waals surface area (Å²) >= 11 is 1.60. The van der Waals surface area contributed by atoms with Crippen LogP contribution in [0.25, 0.3) is 15.7 Å². The monoisotopic (exact) mass is 387 g/mol. The van der Waals surface area contributed by atoms with E-state index in [1.807, 2.05) is 28.8 Å². The van der Waals surface area contributed by atoms with Crippen molar-refractivity contribution >= 4 is 33.0 Å². The van der Waals surface area contributed by atoms with Gasteiger partial charge in [0.05, 0.1) is 10.2 Å². The van der Waals surface area contributed by atoms with E-state index in [1.165, 1.54) is 30.6 Å². The molecule has 8 heteroatoms. The number of carbonyl (C=O) groups excluding carboxylic acids is 1. The van der Waals surface area contributed by atoms with Crippen molar-refractivity contribution in [3.8, 4) is 0 Å². The summed E-state index contributed by atoms with van der Waals surface area (Å²) in [7, 11) is 0. The number of aromatic nitrogens is 3. The molecule has 4 rings (SSSR count). The van der Waals surface area contributed by atoms with E-state index in [1.54, 1.807) is 11.3 Å². The quantitative estimate of drug-likeness (QED) is 0.629. The molecule has 0 unspecified atom stereocenters. The van der Waals surface area contributed by atoms with Crippen molar-refractivity contribution in [3.63, 3.8) is 0 Å². The first kappa shape index (κ1) is 18.2. The van der Waals surface area contributed by atoms with Gasteiger partial charge in [0.25, 0.3) is 5.56 Å². The molecule has 0 saturated carbocycles. The first-order chi connectivity index (χ1) is 13.2. The van der Waals surface area contributed by atoms with Crippen LogP contribution in [-0.2, 0) is 17.8 Å². The average molecular weight is 388 g/mol. The van der Waals surface area contributed by atoms with Crippen molar-refractivity contribution in [1.82, 2.24) is 24.4 Å². The highest BCUT2D eigenvalue weighted by atomic mass is 32.1. The fourth-order valence-corrected chi connectivity index (χ4v) is 4.59. The highest BCUT2D eigenvalue weighted by molar-refractivity contribution is 7.17. The summed E-state index contributed by atoms with van der Waals surface area (Å²) in [4.78, 5) is 27.5. The topological polar surface area (TPSA) is 71.6 Å². The van der Waals surface area contributed by atoms with Gasteiger partial charge in [-0.2, -0.15) is 5.10 Å². The number of nitrogens with one attached hydrogen (secondary N) is 1. The van der Waals surface area contributed by atoms with E-state index in [0.717, 1.165) is 29.0 Å². The standard InChI is InChI=1S/C19H25N5O2S/c1-2-17-21-23(13-18(25)20-7-5-10-22-8-3-4-9-22)19(26)15-12-16-14(24(15)17)6-11-27-16/h6,11-12H,2-5,7-10,13H2,1H3,(H,20,25). The lowest BCUT2D eigenvalue weighted by Gasteiger charge is -2.14. The first-order valence-corrected chi connectivity index (χ1v) is 10.5. The third-order valence-electron chi connectivity index (χ3n) is 5.15. The molecule has 3 aromatic rings. The molecule has 1 aliphatic rings. The Morgan fingerprint density at radius 2 is 2.11 bits per heavy atom. The Balaban J connectivity index is 1.45. The van der Waals surface area contributed by atoms with Gasteiger partial charge >= 0.3 is 0 Å². The number of carbonyl (C=O) groups is 1. The van der Waals surface area contributed by atoms with Crippen molar-refractivity contribution in [3.05, 3.63) is 33.7 Å². The fraction of sp³-hybridized carbons (Fsp3) is 0.526. The fourth-order valence-electron chi connectivity index (χ4n) is 3.79. The minimum absolute atomic E-state index is 0.0368. The lowest BCUT2D eigenvalue weighted by atomic mass is 10.4. The third-order valence-corrected chi connectivity index (χ3v) is 6.01. The van der Waals surface area contributed by atoms with Gasteiger partial charge < -0.3 is 10.2 Å². The molecule has 144 valence electrons. The second-order valence-electron chi connectivity index (χ2n) is 7.02. The Morgan fingerprint density at radius 3 is 2.89 bits per heavy atom. The minimum atomic E-state index is -0.220. The first-order valence-electron chi connectivity index (χ1n) is 9.65. The van der Waals surface area contributed by atoms with E-state index in [4.69, 9.17) is 0 Å². The van der Waals surface area contributed by atoms with Crippen molar-refractivity contribution in [2.24, 2.45) is 0 Å². The highest BCUT2D eigenvalue weighted by Gasteiger charge is 2.16. The zero-order chi connectivity index (χ0) is 18.8. The molecule has 0 spiro atoms. The molecule has 7 nitrogen and oxygen atoms in total. The van der Waals surface area contributed by atoms with E-state index >= 15 is 0 Å². The third kappa shape index (κ3) is 3.64. The average Bonchev–Trinajstić information content (AvgIpc) is 3.38. The van der Waals surface area contributed by atoms with Crippen LogP contribution < -0.4 is 10.9 Å². The zero-order valence-electron chi connectivity index (χ0n) is 15.6. The Hall–Kier alpha value is -2.19. The lowest BCUT2D eigenvalue weighted by Crippen LogP contribution is -2.36. The van der Waals surface area contributed by atoms with Gasteiger partial charge in [-0.15, -0.1) is 11.3 Å². The van der Waals surface area contributed by atoms with Crippen LogP contribution in [0.1, 0.15) is 32.0 Å². The molecule has 1 N–H and O–H groups in total. The van der Waals surface area contributed by atoms with E-state index < -0.39 is 0 Å². The normalized spacial score (nSPS) is 15.1. The number of amides is 1. The summed E-state index contributed by atoms with van der Waals surface area (Å²) in [5, 5.41) is 9.39. The summed E-state index contributed by atoms with van der Waals surface area (Å²) in [6.45, 7) is 5.96. The van der Waals surface area contributed by atoms with Gasteiger partial charge in [0.2, 0.25) is 5.91 Å². The largest absolute Gasteiger partial charge is 0.354 e. The number of rotatable bonds is 7. The molecule has 4 heterocycles. The smallest absolute Gasteiger partial charge is 0.291 e. The molecule has 1 saturated heterocycles. The molecule has 0 radical (unpaired) electrons. The van der Waals surface area contributed by atoms with Gasteiger partial charge in [0.1, 0.15) is 17.9 Å². The molecule has 1 fully saturated rings. The Bertz CT molecular complexity index is 1010. The second kappa shape index (κ2) is 7.82. The van der Waals surface area contributed by atoms with Gasteiger partial charge in [0.15, 0.2) is 0 Å². The van der Waals surface area contributed by atoms with Gasteiger partial charge in [-0.3, -0.25) is 14.0 Å². The summed E-state index contributed by atoms with van der Waals surface area (Å²) < 4.78 is 4.28. The number of aryl methyl sites for hydroxylation is 1. The van der Waals surface area contributed by atoms with Gasteiger partial charge in [-0.25, -0.2) is 4.68 Å². The zero-order valence-corrected chi connectivity index (χ0v) is 16.4. The molecule has 0 atom stereocenters. The van der Waals surface area contributed by atoms with Gasteiger partial charge in [0, 0.05) is 13.0 Å². The van der Waals surface area contributed by atoms with Crippen LogP contribution in [0.5, 0.6) is 0 Å². The van der Waals surface area contributed by atoms with Crippen molar-refractivity contribution < 1.29 is 4.79 Å². The van der Waals surface area contributed by atoms with Crippen LogP contribution in [0.15, 0.2) is 22.3 Å². The predicted octanol–water partition coefficient (Wildman–Crippen LogP) is 1.88. The summed E-state index contributed by atoms with van der Waals surface area (Å²) in [6.07, 6.45) is 4.18. The Morgan fingerprint density at radius 1 is 1.30 bits per heavy atom. The molecule has 3 aromatic heterocycles. The number of hydrogen-bond acceptors (Lipinski definition) is 5. The number of hydrogen-bond donors (Lipinski definition) is 1. The maximum atomic E-state index is 12.8. The van der Waals surface area contributed by atoms with Crippen molar-refractivity contribution in [1.29, 1.82) is 0 Å². The van der Waals surface area contributed by atoms with E-state index in [2.05, 4.69) is 15.3 Å². The number of fused-ring (bicyclic) bond motifs is 3. The lowest BCUT2D eigenvalue weighted by molar-refractivity contribution is -0.121. The molecule has 0 bridgehead atoms. The van der Waals surface area contributed by atoms with Crippen LogP contribution in [0.3, 0.4) is 0 Å². The predicted molar refractivity (Wildman–Crippen MR) is 108 cm³/mol. The summed E-state index contributed by atoms with van der Waals surface area (Å²) in [5.41, 5.74) is 1.38. The van der Waals surface area contributed by atoms with E-state index in [-0.39, 0.29) is 18.0 Å². The SMILES string of the molecule is CCc1nn(CC(=O)NCCCN2CCCC2)c(=O)c2cc3sccc3n12. The van der Waals surface area contributed by atoms with Crippen LogP contribution >= 0.6 is 11.3 Å². The Kier molecular flexibility index (Phi) is 5.27. The number of nitrogens with zero attached hydrogens (tertiary/aromatic N) is 4. The van der Waals surface area contributed by atoms with Crippen LogP contribution in [-0.4, -0.2) is 51.2 Å². The van der Waals surface area contributed by atoms with Crippen LogP contribution in [0.4, 0.5) is 0 Å². The van der Waals surface area contributed by atoms with Crippen molar-refractivity contribution in [2.45, 2.75) is 39.2 Å². The van der Waals surface area contributed by atoms with Crippen LogP contribution in [0.2, 0.25) is 0 Å². The molecule has 0 aromatic carbocycles. The molecule has 1 aliphatic heterocycles. The molecular formula is C19H25N5O2S. The molecule has 27 heavy (non-hydrogen) atoms. The molecular weight excluding hydrogens is 362 g/mol. The Labute approximate surface area is 161 Å². The summed E-state index contributed by atoms with van der Waals surface area (Å²) in [6, 6.07) is 3.90. The molecule has 1 amide bonds. The number of thiophene rings is 1. The van der Waals surface area contributed by atoms with Crippen LogP contribution in [0, 0.1) is 0 Å². The number of likely N-dealkylation sites (tertiary alicyclic amines) is 1. The van der Waals surface area contributed by atoms with E-state index in [9.17, 15) is 9.59 Å². The molecule has 0 aliphatic carbocycles. The van der Waals surface area contributed by atoms with Crippen molar-refractivity contribution in [2.75, 3.05) is 26.2 Å². The maximum absolute atomic E-state index is 12.8. The summed E-state index contributed by atoms with van der Waals surface area (Å²) in [5.74, 6) is 0.630. The second-order valence-corrected chi connectivity index (χ2v) is 7.97.